The lowest BCUT2D eigenvalue weighted by Crippen LogP contribution is -2.52. The first kappa shape index (κ1) is 16.6. The first-order valence-corrected chi connectivity index (χ1v) is 7.56. The fourth-order valence-electron chi connectivity index (χ4n) is 2.32. The minimum absolute atomic E-state index is 0.127. The van der Waals surface area contributed by atoms with Gasteiger partial charge in [-0.25, -0.2) is 4.79 Å². The van der Waals surface area contributed by atoms with Crippen molar-refractivity contribution in [2.45, 2.75) is 32.2 Å². The lowest BCUT2D eigenvalue weighted by Gasteiger charge is -2.25. The van der Waals surface area contributed by atoms with E-state index in [0.717, 1.165) is 0 Å². The van der Waals surface area contributed by atoms with Crippen LogP contribution in [0.25, 0.3) is 10.9 Å². The standard InChI is InChI=1S/C15H16Cl2N2O3/c1-3-6-15(2,14(21)22)19-13(20)12-11(17)9-7-8(16)4-5-10(9)18-12/h4-5,7,18H,3,6H2,1-2H3,(H,19,20)(H,21,22). The molecule has 1 aromatic heterocycles. The highest BCUT2D eigenvalue weighted by Crippen LogP contribution is 2.30. The van der Waals surface area contributed by atoms with Gasteiger partial charge in [0.1, 0.15) is 11.2 Å². The molecule has 5 nitrogen and oxygen atoms in total. The van der Waals surface area contributed by atoms with Crippen molar-refractivity contribution in [3.8, 4) is 0 Å². The Bertz CT molecular complexity index is 742. The van der Waals surface area contributed by atoms with Crippen molar-refractivity contribution in [2.24, 2.45) is 0 Å². The second-order valence-corrected chi connectivity index (χ2v) is 6.16. The van der Waals surface area contributed by atoms with Gasteiger partial charge < -0.3 is 15.4 Å². The van der Waals surface area contributed by atoms with Crippen LogP contribution in [0.2, 0.25) is 10.0 Å². The molecule has 2 rings (SSSR count). The predicted octanol–water partition coefficient (Wildman–Crippen LogP) is 3.85. The number of carboxylic acids is 1. The zero-order valence-corrected chi connectivity index (χ0v) is 13.7. The van der Waals surface area contributed by atoms with Crippen molar-refractivity contribution in [3.63, 3.8) is 0 Å². The second kappa shape index (κ2) is 6.18. The number of nitrogens with one attached hydrogen (secondary N) is 2. The molecule has 22 heavy (non-hydrogen) atoms. The maximum absolute atomic E-state index is 12.4. The molecule has 0 bridgehead atoms. The summed E-state index contributed by atoms with van der Waals surface area (Å²) < 4.78 is 0. The lowest BCUT2D eigenvalue weighted by molar-refractivity contribution is -0.144. The molecular formula is C15H16Cl2N2O3. The molecule has 1 amide bonds. The van der Waals surface area contributed by atoms with Crippen LogP contribution in [-0.2, 0) is 4.79 Å². The molecule has 1 aromatic carbocycles. The monoisotopic (exact) mass is 342 g/mol. The Morgan fingerprint density at radius 1 is 1.36 bits per heavy atom. The van der Waals surface area contributed by atoms with Crippen LogP contribution in [0.4, 0.5) is 0 Å². The van der Waals surface area contributed by atoms with Gasteiger partial charge in [-0.2, -0.15) is 0 Å². The van der Waals surface area contributed by atoms with Gasteiger partial charge in [0.15, 0.2) is 0 Å². The normalized spacial score (nSPS) is 13.8. The van der Waals surface area contributed by atoms with E-state index in [4.69, 9.17) is 23.2 Å². The van der Waals surface area contributed by atoms with Crippen LogP contribution in [0.15, 0.2) is 18.2 Å². The van der Waals surface area contributed by atoms with Gasteiger partial charge >= 0.3 is 5.97 Å². The van der Waals surface area contributed by atoms with Gasteiger partial charge in [0.2, 0.25) is 0 Å². The van der Waals surface area contributed by atoms with Gasteiger partial charge in [-0.15, -0.1) is 0 Å². The van der Waals surface area contributed by atoms with Crippen LogP contribution in [0, 0.1) is 0 Å². The summed E-state index contributed by atoms with van der Waals surface area (Å²) in [7, 11) is 0. The zero-order chi connectivity index (χ0) is 16.5. The Morgan fingerprint density at radius 2 is 2.05 bits per heavy atom. The SMILES string of the molecule is CCCC(C)(NC(=O)c1[nH]c2ccc(Cl)cc2c1Cl)C(=O)O. The van der Waals surface area contributed by atoms with E-state index in [0.29, 0.717) is 28.8 Å². The molecule has 1 heterocycles. The van der Waals surface area contributed by atoms with E-state index in [2.05, 4.69) is 10.3 Å². The molecule has 0 fully saturated rings. The summed E-state index contributed by atoms with van der Waals surface area (Å²) in [5.41, 5.74) is -0.557. The summed E-state index contributed by atoms with van der Waals surface area (Å²) in [5, 5.41) is 13.2. The minimum Gasteiger partial charge on any atom is -0.480 e. The molecule has 0 saturated carbocycles. The van der Waals surface area contributed by atoms with Crippen LogP contribution in [0.5, 0.6) is 0 Å². The van der Waals surface area contributed by atoms with Crippen molar-refractivity contribution in [2.75, 3.05) is 0 Å². The fourth-order valence-corrected chi connectivity index (χ4v) is 2.79. The van der Waals surface area contributed by atoms with Crippen molar-refractivity contribution in [1.29, 1.82) is 0 Å². The summed E-state index contributed by atoms with van der Waals surface area (Å²) in [4.78, 5) is 26.7. The van der Waals surface area contributed by atoms with Crippen LogP contribution >= 0.6 is 23.2 Å². The topological polar surface area (TPSA) is 82.2 Å². The highest BCUT2D eigenvalue weighted by molar-refractivity contribution is 6.39. The van der Waals surface area contributed by atoms with E-state index in [-0.39, 0.29) is 10.7 Å². The number of fused-ring (bicyclic) bond motifs is 1. The number of H-pyrrole nitrogens is 1. The molecule has 0 aliphatic carbocycles. The number of carbonyl (C=O) groups is 2. The average Bonchev–Trinajstić information content (AvgIpc) is 2.76. The number of hydrogen-bond acceptors (Lipinski definition) is 2. The number of halogens is 2. The van der Waals surface area contributed by atoms with Crippen LogP contribution in [0.1, 0.15) is 37.2 Å². The fraction of sp³-hybridized carbons (Fsp3) is 0.333. The van der Waals surface area contributed by atoms with E-state index >= 15 is 0 Å². The third-order valence-corrected chi connectivity index (χ3v) is 4.16. The van der Waals surface area contributed by atoms with Gasteiger partial charge in [-0.1, -0.05) is 36.5 Å². The number of amides is 1. The third-order valence-electron chi connectivity index (χ3n) is 3.54. The number of aromatic nitrogens is 1. The van der Waals surface area contributed by atoms with E-state index in [1.165, 1.54) is 6.92 Å². The molecule has 118 valence electrons. The number of benzene rings is 1. The maximum atomic E-state index is 12.4. The smallest absolute Gasteiger partial charge is 0.329 e. The van der Waals surface area contributed by atoms with Crippen LogP contribution in [0.3, 0.4) is 0 Å². The van der Waals surface area contributed by atoms with E-state index in [1.807, 2.05) is 6.92 Å². The molecule has 7 heteroatoms. The number of aliphatic carboxylic acids is 1. The molecule has 0 radical (unpaired) electrons. The van der Waals surface area contributed by atoms with Gasteiger partial charge in [0.05, 0.1) is 5.02 Å². The number of rotatable bonds is 5. The molecule has 1 unspecified atom stereocenters. The Morgan fingerprint density at radius 3 is 2.64 bits per heavy atom. The Kier molecular flexibility index (Phi) is 4.68. The minimum atomic E-state index is -1.34. The molecule has 0 spiro atoms. The number of carboxylic acid groups (broad SMARTS) is 1. The van der Waals surface area contributed by atoms with E-state index in [1.54, 1.807) is 18.2 Å². The number of aromatic amines is 1. The highest BCUT2D eigenvalue weighted by Gasteiger charge is 2.35. The summed E-state index contributed by atoms with van der Waals surface area (Å²) in [5.74, 6) is -1.64. The summed E-state index contributed by atoms with van der Waals surface area (Å²) in [6.07, 6.45) is 0.941. The molecule has 0 aliphatic heterocycles. The van der Waals surface area contributed by atoms with Crippen LogP contribution < -0.4 is 5.32 Å². The Labute approximate surface area is 137 Å². The summed E-state index contributed by atoms with van der Waals surface area (Å²) in [6, 6.07) is 5.04. The maximum Gasteiger partial charge on any atom is 0.329 e. The molecule has 0 saturated heterocycles. The van der Waals surface area contributed by atoms with Crippen molar-refractivity contribution in [1.82, 2.24) is 10.3 Å². The quantitative estimate of drug-likeness (QED) is 0.771. The molecule has 2 aromatic rings. The highest BCUT2D eigenvalue weighted by atomic mass is 35.5. The van der Waals surface area contributed by atoms with Crippen LogP contribution in [-0.4, -0.2) is 27.5 Å². The van der Waals surface area contributed by atoms with Gasteiger partial charge in [0, 0.05) is 15.9 Å². The van der Waals surface area contributed by atoms with Crippen molar-refractivity contribution < 1.29 is 14.7 Å². The van der Waals surface area contributed by atoms with E-state index < -0.39 is 17.4 Å². The third kappa shape index (κ3) is 3.05. The van der Waals surface area contributed by atoms with Crippen molar-refractivity contribution >= 4 is 46.0 Å². The molecule has 3 N–H and O–H groups in total. The van der Waals surface area contributed by atoms with E-state index in [9.17, 15) is 14.7 Å². The summed E-state index contributed by atoms with van der Waals surface area (Å²) in [6.45, 7) is 3.33. The number of hydrogen-bond donors (Lipinski definition) is 3. The molecule has 1 atom stereocenters. The first-order chi connectivity index (χ1) is 10.3. The van der Waals surface area contributed by atoms with Gasteiger partial charge in [-0.3, -0.25) is 4.79 Å². The zero-order valence-electron chi connectivity index (χ0n) is 12.2. The lowest BCUT2D eigenvalue weighted by atomic mass is 9.96. The number of carbonyl (C=O) groups excluding carboxylic acids is 1. The predicted molar refractivity (Wildman–Crippen MR) is 86.7 cm³/mol. The second-order valence-electron chi connectivity index (χ2n) is 5.35. The molecular weight excluding hydrogens is 327 g/mol. The molecule has 0 aliphatic rings. The summed E-state index contributed by atoms with van der Waals surface area (Å²) >= 11 is 12.1. The Hall–Kier alpha value is -1.72. The van der Waals surface area contributed by atoms with Gasteiger partial charge in [0.25, 0.3) is 5.91 Å². The van der Waals surface area contributed by atoms with Gasteiger partial charge in [-0.05, 0) is 31.5 Å². The Balaban J connectivity index is 2.37. The first-order valence-electron chi connectivity index (χ1n) is 6.81. The van der Waals surface area contributed by atoms with Crippen molar-refractivity contribution in [3.05, 3.63) is 33.9 Å². The largest absolute Gasteiger partial charge is 0.480 e. The average molecular weight is 343 g/mol.